The smallest absolute Gasteiger partial charge is 0.308 e. The molecule has 0 aliphatic rings. The number of aliphatic hydroxyl groups excluding tert-OH is 1. The summed E-state index contributed by atoms with van der Waals surface area (Å²) in [5.74, 6) is -0.278. The van der Waals surface area contributed by atoms with Crippen molar-refractivity contribution in [1.82, 2.24) is 4.90 Å². The zero-order valence-corrected chi connectivity index (χ0v) is 11.5. The van der Waals surface area contributed by atoms with E-state index < -0.39 is 11.7 Å². The molecule has 17 heavy (non-hydrogen) atoms. The molecule has 0 heterocycles. The summed E-state index contributed by atoms with van der Waals surface area (Å²) in [5.41, 5.74) is -0.457. The van der Waals surface area contributed by atoms with Gasteiger partial charge in [-0.3, -0.25) is 4.79 Å². The van der Waals surface area contributed by atoms with E-state index in [1.807, 2.05) is 39.8 Å². The Morgan fingerprint density at radius 1 is 1.35 bits per heavy atom. The number of carbonyl (C=O) groups is 1. The number of aliphatic hydroxyl groups is 1. The summed E-state index contributed by atoms with van der Waals surface area (Å²) in [6, 6.07) is 0. The summed E-state index contributed by atoms with van der Waals surface area (Å²) in [7, 11) is 3.76. The van der Waals surface area contributed by atoms with Crippen LogP contribution in [-0.4, -0.2) is 61.5 Å². The van der Waals surface area contributed by atoms with Crippen LogP contribution in [0.1, 0.15) is 27.2 Å². The van der Waals surface area contributed by atoms with Crippen molar-refractivity contribution in [2.75, 3.05) is 33.9 Å². The first-order valence-electron chi connectivity index (χ1n) is 5.83. The Bertz CT molecular complexity index is 223. The molecule has 0 fully saturated rings. The molecule has 0 amide bonds. The lowest BCUT2D eigenvalue weighted by molar-refractivity contribution is -0.156. The van der Waals surface area contributed by atoms with E-state index in [0.717, 1.165) is 0 Å². The second-order valence-corrected chi connectivity index (χ2v) is 5.33. The van der Waals surface area contributed by atoms with Crippen LogP contribution in [0.4, 0.5) is 0 Å². The highest BCUT2D eigenvalue weighted by Crippen LogP contribution is 2.08. The lowest BCUT2D eigenvalue weighted by Gasteiger charge is -2.19. The van der Waals surface area contributed by atoms with E-state index >= 15 is 0 Å². The zero-order chi connectivity index (χ0) is 13.5. The van der Waals surface area contributed by atoms with Crippen molar-refractivity contribution in [3.8, 4) is 0 Å². The average Bonchev–Trinajstić information content (AvgIpc) is 2.08. The van der Waals surface area contributed by atoms with Gasteiger partial charge in [0.05, 0.1) is 25.7 Å². The Labute approximate surface area is 104 Å². The van der Waals surface area contributed by atoms with Crippen molar-refractivity contribution in [3.05, 3.63) is 0 Å². The van der Waals surface area contributed by atoms with Gasteiger partial charge in [0.2, 0.25) is 0 Å². The maximum absolute atomic E-state index is 11.3. The quantitative estimate of drug-likeness (QED) is 0.529. The summed E-state index contributed by atoms with van der Waals surface area (Å²) in [6.45, 7) is 6.54. The SMILES string of the molecule is CN(C)CC(O)COCCC(=O)OC(C)(C)C. The molecule has 0 aromatic rings. The predicted octanol–water partition coefficient (Wildman–Crippen LogP) is 0.657. The molecule has 5 nitrogen and oxygen atoms in total. The minimum atomic E-state index is -0.524. The van der Waals surface area contributed by atoms with E-state index in [9.17, 15) is 9.90 Å². The van der Waals surface area contributed by atoms with E-state index in [0.29, 0.717) is 6.54 Å². The van der Waals surface area contributed by atoms with Crippen LogP contribution >= 0.6 is 0 Å². The molecular formula is C12H25NO4. The van der Waals surface area contributed by atoms with E-state index in [1.54, 1.807) is 0 Å². The van der Waals surface area contributed by atoms with Crippen molar-refractivity contribution in [2.24, 2.45) is 0 Å². The van der Waals surface area contributed by atoms with Gasteiger partial charge in [0, 0.05) is 6.54 Å². The van der Waals surface area contributed by atoms with Crippen molar-refractivity contribution < 1.29 is 19.4 Å². The summed E-state index contributed by atoms with van der Waals surface area (Å²) in [6.07, 6.45) is -0.310. The van der Waals surface area contributed by atoms with Gasteiger partial charge in [0.25, 0.3) is 0 Å². The Kier molecular flexibility index (Phi) is 7.34. The number of carbonyl (C=O) groups excluding carboxylic acids is 1. The first kappa shape index (κ1) is 16.4. The molecule has 0 bridgehead atoms. The molecule has 0 spiro atoms. The van der Waals surface area contributed by atoms with Crippen LogP contribution < -0.4 is 0 Å². The molecule has 0 rings (SSSR count). The van der Waals surface area contributed by atoms with Crippen molar-refractivity contribution >= 4 is 5.97 Å². The fraction of sp³-hybridized carbons (Fsp3) is 0.917. The molecule has 0 aromatic heterocycles. The molecule has 0 aliphatic carbocycles. The van der Waals surface area contributed by atoms with Crippen LogP contribution in [-0.2, 0) is 14.3 Å². The number of likely N-dealkylation sites (N-methyl/N-ethyl adjacent to an activating group) is 1. The molecule has 0 saturated carbocycles. The Morgan fingerprint density at radius 2 is 1.94 bits per heavy atom. The largest absolute Gasteiger partial charge is 0.460 e. The van der Waals surface area contributed by atoms with Gasteiger partial charge in [-0.2, -0.15) is 0 Å². The number of rotatable bonds is 7. The molecule has 5 heteroatoms. The third-order valence-electron chi connectivity index (χ3n) is 1.76. The number of ether oxygens (including phenoxy) is 2. The molecule has 0 aromatic carbocycles. The third kappa shape index (κ3) is 11.6. The summed E-state index contributed by atoms with van der Waals surface area (Å²) < 4.78 is 10.3. The maximum Gasteiger partial charge on any atom is 0.308 e. The molecule has 0 aliphatic heterocycles. The van der Waals surface area contributed by atoms with Crippen molar-refractivity contribution in [3.63, 3.8) is 0 Å². The summed E-state index contributed by atoms with van der Waals surface area (Å²) in [5, 5.41) is 9.49. The van der Waals surface area contributed by atoms with Crippen molar-refractivity contribution in [2.45, 2.75) is 38.9 Å². The predicted molar refractivity (Wildman–Crippen MR) is 65.8 cm³/mol. The van der Waals surface area contributed by atoms with Crippen LogP contribution in [0.2, 0.25) is 0 Å². The van der Waals surface area contributed by atoms with Crippen LogP contribution in [0.5, 0.6) is 0 Å². The summed E-state index contributed by atoms with van der Waals surface area (Å²) in [4.78, 5) is 13.2. The minimum Gasteiger partial charge on any atom is -0.460 e. The Balaban J connectivity index is 3.55. The van der Waals surface area contributed by atoms with Crippen LogP contribution in [0.25, 0.3) is 0 Å². The van der Waals surface area contributed by atoms with Gasteiger partial charge >= 0.3 is 5.97 Å². The van der Waals surface area contributed by atoms with Crippen LogP contribution in [0.15, 0.2) is 0 Å². The standard InChI is InChI=1S/C12H25NO4/c1-12(2,3)17-11(15)6-7-16-9-10(14)8-13(4)5/h10,14H,6-9H2,1-5H3. The fourth-order valence-electron chi connectivity index (χ4n) is 1.24. The van der Waals surface area contributed by atoms with E-state index in [1.165, 1.54) is 0 Å². The fourth-order valence-corrected chi connectivity index (χ4v) is 1.24. The van der Waals surface area contributed by atoms with Crippen LogP contribution in [0.3, 0.4) is 0 Å². The molecular weight excluding hydrogens is 222 g/mol. The van der Waals surface area contributed by atoms with Crippen LogP contribution in [0, 0.1) is 0 Å². The van der Waals surface area contributed by atoms with Gasteiger partial charge < -0.3 is 19.5 Å². The molecule has 0 radical (unpaired) electrons. The second kappa shape index (κ2) is 7.63. The van der Waals surface area contributed by atoms with Gasteiger partial charge in [0.15, 0.2) is 0 Å². The average molecular weight is 247 g/mol. The second-order valence-electron chi connectivity index (χ2n) is 5.33. The Hall–Kier alpha value is -0.650. The maximum atomic E-state index is 11.3. The molecule has 1 atom stereocenters. The van der Waals surface area contributed by atoms with E-state index in [-0.39, 0.29) is 25.6 Å². The highest BCUT2D eigenvalue weighted by atomic mass is 16.6. The van der Waals surface area contributed by atoms with E-state index in [2.05, 4.69) is 0 Å². The topological polar surface area (TPSA) is 59.0 Å². The first-order valence-corrected chi connectivity index (χ1v) is 5.83. The van der Waals surface area contributed by atoms with Gasteiger partial charge in [-0.05, 0) is 34.9 Å². The highest BCUT2D eigenvalue weighted by molar-refractivity contribution is 5.69. The third-order valence-corrected chi connectivity index (χ3v) is 1.76. The monoisotopic (exact) mass is 247 g/mol. The lowest BCUT2D eigenvalue weighted by atomic mass is 10.2. The number of hydrogen-bond acceptors (Lipinski definition) is 5. The molecule has 1 unspecified atom stereocenters. The summed E-state index contributed by atoms with van der Waals surface area (Å²) >= 11 is 0. The van der Waals surface area contributed by atoms with E-state index in [4.69, 9.17) is 9.47 Å². The number of hydrogen-bond donors (Lipinski definition) is 1. The van der Waals surface area contributed by atoms with Crippen molar-refractivity contribution in [1.29, 1.82) is 0 Å². The zero-order valence-electron chi connectivity index (χ0n) is 11.5. The lowest BCUT2D eigenvalue weighted by Crippen LogP contribution is -2.30. The minimum absolute atomic E-state index is 0.214. The normalized spacial score (nSPS) is 13.8. The van der Waals surface area contributed by atoms with Gasteiger partial charge in [-0.15, -0.1) is 0 Å². The molecule has 1 N–H and O–H groups in total. The van der Waals surface area contributed by atoms with Gasteiger partial charge in [-0.25, -0.2) is 0 Å². The highest BCUT2D eigenvalue weighted by Gasteiger charge is 2.16. The van der Waals surface area contributed by atoms with Gasteiger partial charge in [-0.1, -0.05) is 0 Å². The number of esters is 1. The molecule has 0 saturated heterocycles. The van der Waals surface area contributed by atoms with Gasteiger partial charge in [0.1, 0.15) is 5.60 Å². The Morgan fingerprint density at radius 3 is 2.41 bits per heavy atom. The number of nitrogens with zero attached hydrogens (tertiary/aromatic N) is 1. The molecule has 102 valence electrons. The first-order chi connectivity index (χ1) is 7.70.